The first-order valence-electron chi connectivity index (χ1n) is 9.24. The Balaban J connectivity index is 2.09. The first kappa shape index (κ1) is 21.1. The number of nitrogens with two attached hydrogens (primary N) is 1. The van der Waals surface area contributed by atoms with Crippen LogP contribution >= 0.6 is 0 Å². The van der Waals surface area contributed by atoms with E-state index in [0.29, 0.717) is 38.8 Å². The molecule has 5 N–H and O–H groups in total. The van der Waals surface area contributed by atoms with Gasteiger partial charge in [0, 0.05) is 13.1 Å². The largest absolute Gasteiger partial charge is 0.396 e. The molecule has 0 saturated carbocycles. The van der Waals surface area contributed by atoms with Gasteiger partial charge in [-0.1, -0.05) is 6.92 Å². The molecule has 0 spiro atoms. The number of rotatable bonds is 7. The van der Waals surface area contributed by atoms with E-state index in [0.717, 1.165) is 0 Å². The van der Waals surface area contributed by atoms with Crippen molar-refractivity contribution in [3.05, 3.63) is 0 Å². The molecule has 2 saturated heterocycles. The Hall–Kier alpha value is -2.20. The van der Waals surface area contributed by atoms with Crippen molar-refractivity contribution in [1.82, 2.24) is 15.1 Å². The van der Waals surface area contributed by atoms with Gasteiger partial charge in [0.25, 0.3) is 0 Å². The molecule has 0 aromatic rings. The fourth-order valence-corrected chi connectivity index (χ4v) is 3.62. The predicted octanol–water partition coefficient (Wildman–Crippen LogP) is -2.44. The van der Waals surface area contributed by atoms with Crippen LogP contribution in [0.1, 0.15) is 32.6 Å². The standard InChI is InChI=1S/C17H28N4O6/c1-10(8-22)16(26)21-7-3-5-13(21)17(27)20-6-2-4-12(20)15(25)19-11(9-23)14(18)24/h10-13,22-23H,2-9H2,1H3,(H2,18,24)(H,19,25)/t10-,11-,12-,13-/m0/s1. The summed E-state index contributed by atoms with van der Waals surface area (Å²) in [6, 6.07) is -2.62. The molecule has 0 aromatic carbocycles. The van der Waals surface area contributed by atoms with Crippen LogP contribution in [0.4, 0.5) is 0 Å². The van der Waals surface area contributed by atoms with Crippen molar-refractivity contribution in [3.8, 4) is 0 Å². The molecule has 4 atom stereocenters. The maximum absolute atomic E-state index is 13.0. The second kappa shape index (κ2) is 9.14. The second-order valence-corrected chi connectivity index (χ2v) is 7.11. The van der Waals surface area contributed by atoms with Crippen molar-refractivity contribution < 1.29 is 29.4 Å². The molecular weight excluding hydrogens is 356 g/mol. The van der Waals surface area contributed by atoms with Gasteiger partial charge in [-0.3, -0.25) is 19.2 Å². The van der Waals surface area contributed by atoms with Gasteiger partial charge in [-0.15, -0.1) is 0 Å². The Morgan fingerprint density at radius 2 is 1.63 bits per heavy atom. The molecule has 0 aliphatic carbocycles. The molecule has 0 unspecified atom stereocenters. The lowest BCUT2D eigenvalue weighted by Gasteiger charge is -2.32. The van der Waals surface area contributed by atoms with Crippen molar-refractivity contribution >= 4 is 23.6 Å². The van der Waals surface area contributed by atoms with E-state index in [1.165, 1.54) is 9.80 Å². The zero-order chi connectivity index (χ0) is 20.1. The van der Waals surface area contributed by atoms with Crippen molar-refractivity contribution in [2.24, 2.45) is 11.7 Å². The summed E-state index contributed by atoms with van der Waals surface area (Å²) in [5, 5.41) is 20.7. The monoisotopic (exact) mass is 384 g/mol. The quantitative estimate of drug-likeness (QED) is 0.382. The van der Waals surface area contributed by atoms with Crippen LogP contribution in [-0.4, -0.2) is 88.1 Å². The second-order valence-electron chi connectivity index (χ2n) is 7.11. The van der Waals surface area contributed by atoms with E-state index in [1.54, 1.807) is 6.92 Å². The smallest absolute Gasteiger partial charge is 0.246 e. The van der Waals surface area contributed by atoms with E-state index in [1.807, 2.05) is 0 Å². The minimum Gasteiger partial charge on any atom is -0.396 e. The predicted molar refractivity (Wildman–Crippen MR) is 93.9 cm³/mol. The van der Waals surface area contributed by atoms with E-state index in [2.05, 4.69) is 5.32 Å². The van der Waals surface area contributed by atoms with E-state index >= 15 is 0 Å². The summed E-state index contributed by atoms with van der Waals surface area (Å²) >= 11 is 0. The molecule has 152 valence electrons. The van der Waals surface area contributed by atoms with Crippen LogP contribution < -0.4 is 11.1 Å². The molecule has 4 amide bonds. The third kappa shape index (κ3) is 4.56. The molecule has 2 fully saturated rings. The maximum Gasteiger partial charge on any atom is 0.246 e. The molecular formula is C17H28N4O6. The molecule has 0 aromatic heterocycles. The number of primary amides is 1. The zero-order valence-electron chi connectivity index (χ0n) is 15.5. The average molecular weight is 384 g/mol. The Morgan fingerprint density at radius 1 is 1.04 bits per heavy atom. The lowest BCUT2D eigenvalue weighted by atomic mass is 10.1. The molecule has 2 rings (SSSR count). The fraction of sp³-hybridized carbons (Fsp3) is 0.765. The van der Waals surface area contributed by atoms with E-state index < -0.39 is 42.5 Å². The number of hydrogen-bond acceptors (Lipinski definition) is 6. The van der Waals surface area contributed by atoms with E-state index in [9.17, 15) is 24.3 Å². The highest BCUT2D eigenvalue weighted by molar-refractivity contribution is 5.94. The third-order valence-electron chi connectivity index (χ3n) is 5.20. The van der Waals surface area contributed by atoms with Gasteiger partial charge in [-0.05, 0) is 25.7 Å². The van der Waals surface area contributed by atoms with E-state index in [4.69, 9.17) is 10.8 Å². The molecule has 2 aliphatic heterocycles. The van der Waals surface area contributed by atoms with Crippen LogP contribution in [0.25, 0.3) is 0 Å². The number of carbonyl (C=O) groups is 4. The molecule has 27 heavy (non-hydrogen) atoms. The molecule has 0 radical (unpaired) electrons. The number of aliphatic hydroxyl groups is 2. The molecule has 0 bridgehead atoms. The number of nitrogens with zero attached hydrogens (tertiary/aromatic N) is 2. The summed E-state index contributed by atoms with van der Waals surface area (Å²) in [4.78, 5) is 52.1. The van der Waals surface area contributed by atoms with Crippen molar-refractivity contribution in [2.45, 2.75) is 50.7 Å². The number of amides is 4. The van der Waals surface area contributed by atoms with Gasteiger partial charge in [0.05, 0.1) is 19.1 Å². The fourth-order valence-electron chi connectivity index (χ4n) is 3.62. The highest BCUT2D eigenvalue weighted by atomic mass is 16.3. The molecule has 10 nitrogen and oxygen atoms in total. The number of carbonyl (C=O) groups excluding carboxylic acids is 4. The zero-order valence-corrected chi connectivity index (χ0v) is 15.5. The van der Waals surface area contributed by atoms with Gasteiger partial charge in [0.1, 0.15) is 18.1 Å². The lowest BCUT2D eigenvalue weighted by Crippen LogP contribution is -2.56. The summed E-state index contributed by atoms with van der Waals surface area (Å²) in [5.74, 6) is -2.56. The summed E-state index contributed by atoms with van der Waals surface area (Å²) in [6.07, 6.45) is 2.24. The van der Waals surface area contributed by atoms with Crippen molar-refractivity contribution in [2.75, 3.05) is 26.3 Å². The third-order valence-corrected chi connectivity index (χ3v) is 5.20. The van der Waals surface area contributed by atoms with Gasteiger partial charge < -0.3 is 31.1 Å². The number of aliphatic hydroxyl groups excluding tert-OH is 2. The summed E-state index contributed by atoms with van der Waals surface area (Å²) in [5.41, 5.74) is 5.12. The number of hydrogen-bond donors (Lipinski definition) is 4. The summed E-state index contributed by atoms with van der Waals surface area (Å²) in [6.45, 7) is 1.52. The van der Waals surface area contributed by atoms with Crippen LogP contribution in [0.15, 0.2) is 0 Å². The van der Waals surface area contributed by atoms with E-state index in [-0.39, 0.29) is 18.4 Å². The maximum atomic E-state index is 13.0. The van der Waals surface area contributed by atoms with Gasteiger partial charge in [0.2, 0.25) is 23.6 Å². The highest BCUT2D eigenvalue weighted by Gasteiger charge is 2.43. The Kier molecular flexibility index (Phi) is 7.14. The SMILES string of the molecule is C[C@@H](CO)C(=O)N1CCC[C@H]1C(=O)N1CCC[C@H]1C(=O)N[C@@H](CO)C(N)=O. The van der Waals surface area contributed by atoms with Crippen LogP contribution in [0.3, 0.4) is 0 Å². The summed E-state index contributed by atoms with van der Waals surface area (Å²) in [7, 11) is 0. The average Bonchev–Trinajstić information content (AvgIpc) is 3.33. The first-order valence-corrected chi connectivity index (χ1v) is 9.24. The minimum absolute atomic E-state index is 0.275. The van der Waals surface area contributed by atoms with Crippen LogP contribution in [0.5, 0.6) is 0 Å². The minimum atomic E-state index is -1.20. The molecule has 10 heteroatoms. The van der Waals surface area contributed by atoms with Gasteiger partial charge in [-0.2, -0.15) is 0 Å². The lowest BCUT2D eigenvalue weighted by molar-refractivity contribution is -0.148. The number of nitrogens with one attached hydrogen (secondary N) is 1. The van der Waals surface area contributed by atoms with Gasteiger partial charge in [-0.25, -0.2) is 0 Å². The highest BCUT2D eigenvalue weighted by Crippen LogP contribution is 2.26. The topological polar surface area (TPSA) is 153 Å². The van der Waals surface area contributed by atoms with Crippen LogP contribution in [0.2, 0.25) is 0 Å². The van der Waals surface area contributed by atoms with Crippen molar-refractivity contribution in [3.63, 3.8) is 0 Å². The number of likely N-dealkylation sites (tertiary alicyclic amines) is 2. The van der Waals surface area contributed by atoms with Crippen LogP contribution in [0, 0.1) is 5.92 Å². The normalized spacial score (nSPS) is 24.6. The van der Waals surface area contributed by atoms with Gasteiger partial charge >= 0.3 is 0 Å². The van der Waals surface area contributed by atoms with Crippen LogP contribution in [-0.2, 0) is 19.2 Å². The van der Waals surface area contributed by atoms with Crippen molar-refractivity contribution in [1.29, 1.82) is 0 Å². The first-order chi connectivity index (χ1) is 12.8. The van der Waals surface area contributed by atoms with Gasteiger partial charge in [0.15, 0.2) is 0 Å². The molecule has 2 aliphatic rings. The summed E-state index contributed by atoms with van der Waals surface area (Å²) < 4.78 is 0. The Morgan fingerprint density at radius 3 is 2.19 bits per heavy atom. The molecule has 2 heterocycles. The Labute approximate surface area is 157 Å². The Bertz CT molecular complexity index is 598.